The first-order valence-corrected chi connectivity index (χ1v) is 5.47. The highest BCUT2D eigenvalue weighted by atomic mass is 16.5. The van der Waals surface area contributed by atoms with Crippen LogP contribution in [-0.2, 0) is 16.1 Å². The number of hydrogen-bond donors (Lipinski definition) is 2. The van der Waals surface area contributed by atoms with Gasteiger partial charge < -0.3 is 15.2 Å². The molecule has 1 atom stereocenters. The van der Waals surface area contributed by atoms with E-state index in [1.165, 1.54) is 4.68 Å². The van der Waals surface area contributed by atoms with Crippen LogP contribution >= 0.6 is 0 Å². The number of aliphatic hydroxyl groups is 1. The van der Waals surface area contributed by atoms with Crippen LogP contribution < -0.4 is 5.32 Å². The van der Waals surface area contributed by atoms with Crippen LogP contribution in [0.5, 0.6) is 0 Å². The fraction of sp³-hybridized carbons (Fsp3) is 0.700. The van der Waals surface area contributed by atoms with E-state index in [9.17, 15) is 9.90 Å². The summed E-state index contributed by atoms with van der Waals surface area (Å²) in [6.45, 7) is 2.90. The predicted octanol–water partition coefficient (Wildman–Crippen LogP) is -0.516. The monoisotopic (exact) mass is 242 g/mol. The number of carbonyl (C=O) groups is 1. The van der Waals surface area contributed by atoms with Crippen LogP contribution in [0, 0.1) is 0 Å². The van der Waals surface area contributed by atoms with Gasteiger partial charge in [0.2, 0.25) is 5.91 Å². The van der Waals surface area contributed by atoms with E-state index in [1.807, 2.05) is 0 Å². The fourth-order valence-corrected chi connectivity index (χ4v) is 1.23. The van der Waals surface area contributed by atoms with Gasteiger partial charge in [0, 0.05) is 20.3 Å². The molecule has 0 aliphatic heterocycles. The van der Waals surface area contributed by atoms with E-state index < -0.39 is 6.10 Å². The molecule has 0 saturated heterocycles. The molecule has 1 heterocycles. The lowest BCUT2D eigenvalue weighted by atomic mass is 10.3. The average Bonchev–Trinajstić information content (AvgIpc) is 2.73. The van der Waals surface area contributed by atoms with Crippen LogP contribution in [0.15, 0.2) is 6.20 Å². The summed E-state index contributed by atoms with van der Waals surface area (Å²) in [5.74, 6) is -0.136. The van der Waals surface area contributed by atoms with Crippen molar-refractivity contribution >= 4 is 5.91 Å². The Morgan fingerprint density at radius 1 is 1.71 bits per heavy atom. The summed E-state index contributed by atoms with van der Waals surface area (Å²) >= 11 is 0. The van der Waals surface area contributed by atoms with Gasteiger partial charge in [0.25, 0.3) is 0 Å². The highest BCUT2D eigenvalue weighted by Crippen LogP contribution is 2.05. The second-order valence-electron chi connectivity index (χ2n) is 3.71. The molecular formula is C10H18N4O3. The Morgan fingerprint density at radius 3 is 3.06 bits per heavy atom. The summed E-state index contributed by atoms with van der Waals surface area (Å²) < 4.78 is 6.26. The van der Waals surface area contributed by atoms with Crippen LogP contribution in [-0.4, -0.2) is 46.3 Å². The van der Waals surface area contributed by atoms with E-state index in [2.05, 4.69) is 15.6 Å². The van der Waals surface area contributed by atoms with Crippen molar-refractivity contribution in [3.8, 4) is 0 Å². The molecule has 1 unspecified atom stereocenters. The highest BCUT2D eigenvalue weighted by molar-refractivity contribution is 5.75. The minimum Gasteiger partial charge on any atom is -0.387 e. The van der Waals surface area contributed by atoms with Crippen LogP contribution in [0.2, 0.25) is 0 Å². The van der Waals surface area contributed by atoms with E-state index in [0.29, 0.717) is 18.8 Å². The number of amides is 1. The Bertz CT molecular complexity index is 351. The van der Waals surface area contributed by atoms with E-state index in [1.54, 1.807) is 20.2 Å². The summed E-state index contributed by atoms with van der Waals surface area (Å²) in [5.41, 5.74) is 0.456. The minimum absolute atomic E-state index is 0.104. The van der Waals surface area contributed by atoms with Gasteiger partial charge >= 0.3 is 0 Å². The number of carbonyl (C=O) groups excluding carboxylic acids is 1. The van der Waals surface area contributed by atoms with Gasteiger partial charge in [-0.05, 0) is 13.3 Å². The Morgan fingerprint density at radius 2 is 2.47 bits per heavy atom. The van der Waals surface area contributed by atoms with E-state index in [-0.39, 0.29) is 12.5 Å². The Kier molecular flexibility index (Phi) is 5.58. The standard InChI is InChI=1S/C10H18N4O3/c1-8(15)9-6-14(13-12-9)7-10(16)11-4-3-5-17-2/h6,8,15H,3-5,7H2,1-2H3,(H,11,16). The molecule has 7 heteroatoms. The Labute approximate surface area is 99.8 Å². The number of rotatable bonds is 7. The molecule has 1 aromatic heterocycles. The zero-order valence-electron chi connectivity index (χ0n) is 10.1. The molecule has 0 aliphatic carbocycles. The topological polar surface area (TPSA) is 89.3 Å². The third kappa shape index (κ3) is 4.92. The molecule has 1 rings (SSSR count). The molecule has 2 N–H and O–H groups in total. The van der Waals surface area contributed by atoms with Gasteiger partial charge in [-0.2, -0.15) is 0 Å². The van der Waals surface area contributed by atoms with Gasteiger partial charge in [-0.15, -0.1) is 5.10 Å². The maximum absolute atomic E-state index is 11.5. The number of methoxy groups -OCH3 is 1. The third-order valence-corrected chi connectivity index (χ3v) is 2.14. The molecule has 17 heavy (non-hydrogen) atoms. The van der Waals surface area contributed by atoms with Gasteiger partial charge in [-0.1, -0.05) is 5.21 Å². The molecule has 96 valence electrons. The lowest BCUT2D eigenvalue weighted by molar-refractivity contribution is -0.121. The van der Waals surface area contributed by atoms with Crippen molar-refractivity contribution in [2.75, 3.05) is 20.3 Å². The number of ether oxygens (including phenoxy) is 1. The molecule has 0 fully saturated rings. The zero-order valence-corrected chi connectivity index (χ0v) is 10.1. The molecule has 0 saturated carbocycles. The Balaban J connectivity index is 2.29. The molecule has 0 aromatic carbocycles. The lowest BCUT2D eigenvalue weighted by Crippen LogP contribution is -2.29. The summed E-state index contributed by atoms with van der Waals surface area (Å²) in [6.07, 6.45) is 1.66. The number of nitrogens with zero attached hydrogens (tertiary/aromatic N) is 3. The van der Waals surface area contributed by atoms with Gasteiger partial charge in [0.15, 0.2) is 0 Å². The summed E-state index contributed by atoms with van der Waals surface area (Å²) in [6, 6.07) is 0. The van der Waals surface area contributed by atoms with Crippen molar-refractivity contribution in [2.24, 2.45) is 0 Å². The predicted molar refractivity (Wildman–Crippen MR) is 60.2 cm³/mol. The first-order valence-electron chi connectivity index (χ1n) is 5.47. The fourth-order valence-electron chi connectivity index (χ4n) is 1.23. The summed E-state index contributed by atoms with van der Waals surface area (Å²) in [5, 5.41) is 19.5. The number of aliphatic hydroxyl groups excluding tert-OH is 1. The summed E-state index contributed by atoms with van der Waals surface area (Å²) in [7, 11) is 1.62. The number of aromatic nitrogens is 3. The van der Waals surface area contributed by atoms with Gasteiger partial charge in [0.1, 0.15) is 12.2 Å². The average molecular weight is 242 g/mol. The molecule has 0 aliphatic rings. The number of nitrogens with one attached hydrogen (secondary N) is 1. The normalized spacial score (nSPS) is 12.4. The molecule has 1 aromatic rings. The summed E-state index contributed by atoms with van der Waals surface area (Å²) in [4.78, 5) is 11.5. The maximum Gasteiger partial charge on any atom is 0.241 e. The molecule has 0 spiro atoms. The van der Waals surface area contributed by atoms with Crippen LogP contribution in [0.1, 0.15) is 25.1 Å². The van der Waals surface area contributed by atoms with Crippen molar-refractivity contribution < 1.29 is 14.6 Å². The first-order chi connectivity index (χ1) is 8.13. The van der Waals surface area contributed by atoms with Crippen molar-refractivity contribution in [1.29, 1.82) is 0 Å². The molecular weight excluding hydrogens is 224 g/mol. The number of hydrogen-bond acceptors (Lipinski definition) is 5. The molecule has 0 radical (unpaired) electrons. The van der Waals surface area contributed by atoms with Crippen molar-refractivity contribution in [1.82, 2.24) is 20.3 Å². The molecule has 0 bridgehead atoms. The van der Waals surface area contributed by atoms with E-state index in [0.717, 1.165) is 6.42 Å². The highest BCUT2D eigenvalue weighted by Gasteiger charge is 2.08. The quantitative estimate of drug-likeness (QED) is 0.628. The van der Waals surface area contributed by atoms with Crippen LogP contribution in [0.4, 0.5) is 0 Å². The first kappa shape index (κ1) is 13.6. The van der Waals surface area contributed by atoms with Crippen LogP contribution in [0.25, 0.3) is 0 Å². The second-order valence-corrected chi connectivity index (χ2v) is 3.71. The molecule has 7 nitrogen and oxygen atoms in total. The van der Waals surface area contributed by atoms with E-state index >= 15 is 0 Å². The van der Waals surface area contributed by atoms with Crippen LogP contribution in [0.3, 0.4) is 0 Å². The SMILES string of the molecule is COCCCNC(=O)Cn1cc(C(C)O)nn1. The second kappa shape index (κ2) is 6.97. The van der Waals surface area contributed by atoms with Crippen molar-refractivity contribution in [3.63, 3.8) is 0 Å². The zero-order chi connectivity index (χ0) is 12.7. The van der Waals surface area contributed by atoms with Gasteiger partial charge in [0.05, 0.1) is 12.3 Å². The smallest absolute Gasteiger partial charge is 0.241 e. The lowest BCUT2D eigenvalue weighted by Gasteiger charge is -2.04. The van der Waals surface area contributed by atoms with Crippen molar-refractivity contribution in [3.05, 3.63) is 11.9 Å². The van der Waals surface area contributed by atoms with Gasteiger partial charge in [-0.3, -0.25) is 4.79 Å². The van der Waals surface area contributed by atoms with Crippen molar-refractivity contribution in [2.45, 2.75) is 26.0 Å². The molecule has 1 amide bonds. The largest absolute Gasteiger partial charge is 0.387 e. The Hall–Kier alpha value is -1.47. The minimum atomic E-state index is -0.673. The van der Waals surface area contributed by atoms with Gasteiger partial charge in [-0.25, -0.2) is 4.68 Å². The van der Waals surface area contributed by atoms with E-state index in [4.69, 9.17) is 4.74 Å². The maximum atomic E-state index is 11.5. The third-order valence-electron chi connectivity index (χ3n) is 2.14.